The molecule has 0 saturated carbocycles. The zero-order valence-corrected chi connectivity index (χ0v) is 11.4. The third-order valence-electron chi connectivity index (χ3n) is 2.08. The van der Waals surface area contributed by atoms with Crippen LogP contribution in [0.3, 0.4) is 0 Å². The summed E-state index contributed by atoms with van der Waals surface area (Å²) in [6.07, 6.45) is 1.52. The average Bonchev–Trinajstić information content (AvgIpc) is 2.76. The fraction of sp³-hybridized carbons (Fsp3) is 0.0833. The molecule has 1 aromatic carbocycles. The number of thioether (sulfide) groups is 1. The molecule has 0 aliphatic heterocycles. The molecule has 19 heavy (non-hydrogen) atoms. The lowest BCUT2D eigenvalue weighted by Gasteiger charge is -1.99. The fourth-order valence-corrected chi connectivity index (χ4v) is 2.10. The van der Waals surface area contributed by atoms with E-state index in [1.807, 2.05) is 0 Å². The van der Waals surface area contributed by atoms with Gasteiger partial charge in [-0.3, -0.25) is 0 Å². The van der Waals surface area contributed by atoms with E-state index in [9.17, 15) is 4.79 Å². The van der Waals surface area contributed by atoms with Crippen LogP contribution in [0.2, 0.25) is 5.02 Å². The van der Waals surface area contributed by atoms with Crippen LogP contribution in [-0.2, 0) is 4.79 Å². The molecule has 1 aromatic heterocycles. The van der Waals surface area contributed by atoms with Gasteiger partial charge in [-0.2, -0.15) is 0 Å². The van der Waals surface area contributed by atoms with E-state index in [2.05, 4.69) is 10.2 Å². The van der Waals surface area contributed by atoms with Crippen molar-refractivity contribution in [3.8, 4) is 0 Å². The maximum atomic E-state index is 11.2. The molecule has 98 valence electrons. The predicted molar refractivity (Wildman–Crippen MR) is 72.0 cm³/mol. The summed E-state index contributed by atoms with van der Waals surface area (Å²) in [6.45, 7) is 1.64. The number of carbonyl (C=O) groups is 1. The van der Waals surface area contributed by atoms with Crippen LogP contribution in [0.25, 0.3) is 6.08 Å². The van der Waals surface area contributed by atoms with Gasteiger partial charge in [0.15, 0.2) is 0 Å². The van der Waals surface area contributed by atoms with E-state index in [1.54, 1.807) is 31.2 Å². The highest BCUT2D eigenvalue weighted by atomic mass is 35.5. The van der Waals surface area contributed by atoms with E-state index in [4.69, 9.17) is 21.1 Å². The summed E-state index contributed by atoms with van der Waals surface area (Å²) < 4.78 is 5.14. The van der Waals surface area contributed by atoms with Gasteiger partial charge < -0.3 is 9.52 Å². The summed E-state index contributed by atoms with van der Waals surface area (Å²) in [5.74, 6) is -0.672. The van der Waals surface area contributed by atoms with Crippen LogP contribution in [0.5, 0.6) is 0 Å². The van der Waals surface area contributed by atoms with E-state index in [1.165, 1.54) is 6.08 Å². The van der Waals surface area contributed by atoms with Crippen molar-refractivity contribution in [2.45, 2.75) is 12.1 Å². The number of nitrogens with zero attached hydrogens (tertiary/aromatic N) is 2. The largest absolute Gasteiger partial charge is 0.477 e. The lowest BCUT2D eigenvalue weighted by Crippen LogP contribution is -1.96. The Hall–Kier alpha value is -1.79. The smallest absolute Gasteiger partial charge is 0.342 e. The van der Waals surface area contributed by atoms with Gasteiger partial charge in [0.1, 0.15) is 4.91 Å². The van der Waals surface area contributed by atoms with Gasteiger partial charge in [-0.1, -0.05) is 23.7 Å². The highest BCUT2D eigenvalue weighted by Crippen LogP contribution is 2.27. The first kappa shape index (κ1) is 13.6. The molecule has 0 atom stereocenters. The quantitative estimate of drug-likeness (QED) is 0.689. The molecule has 1 heterocycles. The first-order valence-electron chi connectivity index (χ1n) is 5.23. The van der Waals surface area contributed by atoms with Gasteiger partial charge in [0.25, 0.3) is 5.22 Å². The summed E-state index contributed by atoms with van der Waals surface area (Å²) in [5.41, 5.74) is 0.727. The first-order chi connectivity index (χ1) is 9.04. The predicted octanol–water partition coefficient (Wildman–Crippen LogP) is 3.25. The zero-order valence-electron chi connectivity index (χ0n) is 9.83. The molecule has 0 aliphatic rings. The van der Waals surface area contributed by atoms with E-state index < -0.39 is 5.97 Å². The fourth-order valence-electron chi connectivity index (χ4n) is 1.26. The summed E-state index contributed by atoms with van der Waals surface area (Å²) in [6, 6.07) is 6.83. The van der Waals surface area contributed by atoms with E-state index in [0.717, 1.165) is 17.3 Å². The Kier molecular flexibility index (Phi) is 4.24. The van der Waals surface area contributed by atoms with E-state index in [0.29, 0.717) is 10.9 Å². The molecule has 0 bridgehead atoms. The Morgan fingerprint density at radius 1 is 1.37 bits per heavy atom. The minimum absolute atomic E-state index is 0.0889. The Morgan fingerprint density at radius 3 is 2.58 bits per heavy atom. The lowest BCUT2D eigenvalue weighted by molar-refractivity contribution is -0.131. The number of benzene rings is 1. The van der Waals surface area contributed by atoms with Crippen molar-refractivity contribution < 1.29 is 14.3 Å². The highest BCUT2D eigenvalue weighted by Gasteiger charge is 2.14. The molecular weight excluding hydrogens is 288 g/mol. The van der Waals surface area contributed by atoms with Crippen molar-refractivity contribution >= 4 is 35.4 Å². The first-order valence-corrected chi connectivity index (χ1v) is 6.42. The summed E-state index contributed by atoms with van der Waals surface area (Å²) in [4.78, 5) is 11.3. The van der Waals surface area contributed by atoms with Crippen LogP contribution in [0, 0.1) is 6.92 Å². The second-order valence-electron chi connectivity index (χ2n) is 3.55. The van der Waals surface area contributed by atoms with Crippen molar-refractivity contribution in [3.05, 3.63) is 45.6 Å². The second kappa shape index (κ2) is 5.90. The van der Waals surface area contributed by atoms with Crippen LogP contribution >= 0.6 is 23.4 Å². The standard InChI is InChI=1S/C12H9ClN2O3S/c1-7-14-15-12(18-7)19-10(11(16)17)6-8-2-4-9(13)5-3-8/h2-6H,1H3,(H,16,17)/b10-6-. The minimum atomic E-state index is -1.06. The number of rotatable bonds is 4. The van der Waals surface area contributed by atoms with Crippen LogP contribution in [0.4, 0.5) is 0 Å². The molecule has 2 rings (SSSR count). The van der Waals surface area contributed by atoms with Crippen LogP contribution < -0.4 is 0 Å². The summed E-state index contributed by atoms with van der Waals surface area (Å²) >= 11 is 6.67. The third-order valence-corrected chi connectivity index (χ3v) is 3.19. The molecule has 2 aromatic rings. The molecule has 0 fully saturated rings. The van der Waals surface area contributed by atoms with Gasteiger partial charge in [-0.25, -0.2) is 4.79 Å². The molecule has 7 heteroatoms. The maximum Gasteiger partial charge on any atom is 0.342 e. The third kappa shape index (κ3) is 3.84. The number of carboxylic acid groups (broad SMARTS) is 1. The number of carboxylic acids is 1. The Bertz CT molecular complexity index is 622. The zero-order chi connectivity index (χ0) is 13.8. The number of halogens is 1. The summed E-state index contributed by atoms with van der Waals surface area (Å²) in [7, 11) is 0. The van der Waals surface area contributed by atoms with Gasteiger partial charge in [0.2, 0.25) is 5.89 Å². The van der Waals surface area contributed by atoms with Gasteiger partial charge in [-0.05, 0) is 35.5 Å². The average molecular weight is 297 g/mol. The van der Waals surface area contributed by atoms with Crippen LogP contribution in [0.15, 0.2) is 38.8 Å². The second-order valence-corrected chi connectivity index (χ2v) is 4.98. The molecule has 0 spiro atoms. The maximum absolute atomic E-state index is 11.2. The van der Waals surface area contributed by atoms with Crippen molar-refractivity contribution in [2.75, 3.05) is 0 Å². The van der Waals surface area contributed by atoms with Crippen LogP contribution in [0.1, 0.15) is 11.5 Å². The van der Waals surface area contributed by atoms with Gasteiger partial charge >= 0.3 is 5.97 Å². The van der Waals surface area contributed by atoms with Gasteiger partial charge in [0, 0.05) is 11.9 Å². The molecule has 5 nitrogen and oxygen atoms in total. The SMILES string of the molecule is Cc1nnc(S/C(=C\c2ccc(Cl)cc2)C(=O)O)o1. The van der Waals surface area contributed by atoms with Crippen molar-refractivity contribution in [2.24, 2.45) is 0 Å². The minimum Gasteiger partial charge on any atom is -0.477 e. The number of aliphatic carboxylic acids is 1. The number of aromatic nitrogens is 2. The molecule has 0 saturated heterocycles. The molecular formula is C12H9ClN2O3S. The topological polar surface area (TPSA) is 76.2 Å². The molecule has 0 unspecified atom stereocenters. The highest BCUT2D eigenvalue weighted by molar-refractivity contribution is 8.03. The Labute approximate surface area is 118 Å². The summed E-state index contributed by atoms with van der Waals surface area (Å²) in [5, 5.41) is 17.3. The van der Waals surface area contributed by atoms with Crippen molar-refractivity contribution in [1.29, 1.82) is 0 Å². The lowest BCUT2D eigenvalue weighted by atomic mass is 10.2. The van der Waals surface area contributed by atoms with Gasteiger partial charge in [-0.15, -0.1) is 10.2 Å². The number of aryl methyl sites for hydroxylation is 1. The van der Waals surface area contributed by atoms with Crippen LogP contribution in [-0.4, -0.2) is 21.3 Å². The molecule has 1 N–H and O–H groups in total. The van der Waals surface area contributed by atoms with E-state index in [-0.39, 0.29) is 10.1 Å². The Balaban J connectivity index is 2.24. The number of hydrogen-bond acceptors (Lipinski definition) is 5. The number of hydrogen-bond donors (Lipinski definition) is 1. The van der Waals surface area contributed by atoms with Crippen molar-refractivity contribution in [1.82, 2.24) is 10.2 Å². The van der Waals surface area contributed by atoms with E-state index >= 15 is 0 Å². The Morgan fingerprint density at radius 2 is 2.05 bits per heavy atom. The monoisotopic (exact) mass is 296 g/mol. The molecule has 0 aliphatic carbocycles. The normalized spacial score (nSPS) is 11.6. The van der Waals surface area contributed by atoms with Gasteiger partial charge in [0.05, 0.1) is 0 Å². The van der Waals surface area contributed by atoms with Crippen molar-refractivity contribution in [3.63, 3.8) is 0 Å². The molecule has 0 amide bonds. The molecule has 0 radical (unpaired) electrons.